The monoisotopic (exact) mass is 323 g/mol. The predicted molar refractivity (Wildman–Crippen MR) is 96.5 cm³/mol. The molecular formula is C19H22BNO3. The lowest BCUT2D eigenvalue weighted by Crippen LogP contribution is -2.29. The summed E-state index contributed by atoms with van der Waals surface area (Å²) in [6.07, 6.45) is 6.42. The number of nitrogens with one attached hydrogen (secondary N) is 1. The molecule has 1 aliphatic carbocycles. The molecule has 0 aliphatic heterocycles. The van der Waals surface area contributed by atoms with Gasteiger partial charge in [-0.15, -0.1) is 0 Å². The fourth-order valence-corrected chi connectivity index (χ4v) is 3.28. The van der Waals surface area contributed by atoms with Crippen molar-refractivity contribution in [1.82, 2.24) is 0 Å². The molecule has 0 spiro atoms. The van der Waals surface area contributed by atoms with Crippen molar-refractivity contribution in [3.05, 3.63) is 59.7 Å². The Morgan fingerprint density at radius 3 is 2.12 bits per heavy atom. The summed E-state index contributed by atoms with van der Waals surface area (Å²) < 4.78 is 0. The van der Waals surface area contributed by atoms with Crippen LogP contribution in [0.1, 0.15) is 53.9 Å². The number of anilines is 1. The Morgan fingerprint density at radius 2 is 1.54 bits per heavy atom. The summed E-state index contributed by atoms with van der Waals surface area (Å²) >= 11 is 0. The molecule has 0 radical (unpaired) electrons. The molecule has 0 aromatic heterocycles. The van der Waals surface area contributed by atoms with Gasteiger partial charge in [0.1, 0.15) is 0 Å². The van der Waals surface area contributed by atoms with Gasteiger partial charge in [-0.25, -0.2) is 0 Å². The predicted octanol–water partition coefficient (Wildman–Crippen LogP) is 2.67. The van der Waals surface area contributed by atoms with Crippen molar-refractivity contribution in [3.63, 3.8) is 0 Å². The van der Waals surface area contributed by atoms with Crippen molar-refractivity contribution in [2.24, 2.45) is 0 Å². The fraction of sp³-hybridized carbons (Fsp3) is 0.316. The van der Waals surface area contributed by atoms with Gasteiger partial charge in [0.25, 0.3) is 5.91 Å². The standard InChI is InChI=1S/C19H22BNO3/c22-19(21-18-12-10-17(11-13-18)20(23)24)16-8-6-15(7-9-16)14-4-2-1-3-5-14/h6-14,23-24H,1-5H2,(H,21,22). The number of rotatable bonds is 4. The van der Waals surface area contributed by atoms with Crippen molar-refractivity contribution in [3.8, 4) is 0 Å². The topological polar surface area (TPSA) is 69.6 Å². The second-order valence-corrected chi connectivity index (χ2v) is 6.41. The number of benzene rings is 2. The SMILES string of the molecule is O=C(Nc1ccc(B(O)O)cc1)c1ccc(C2CCCCC2)cc1. The van der Waals surface area contributed by atoms with Crippen LogP contribution in [0.4, 0.5) is 5.69 Å². The molecule has 2 aromatic carbocycles. The Hall–Kier alpha value is -2.11. The lowest BCUT2D eigenvalue weighted by Gasteiger charge is -2.22. The minimum Gasteiger partial charge on any atom is -0.423 e. The van der Waals surface area contributed by atoms with E-state index >= 15 is 0 Å². The van der Waals surface area contributed by atoms with E-state index in [1.54, 1.807) is 24.3 Å². The molecule has 0 unspecified atom stereocenters. The van der Waals surface area contributed by atoms with Crippen LogP contribution in [0.3, 0.4) is 0 Å². The van der Waals surface area contributed by atoms with E-state index in [4.69, 9.17) is 10.0 Å². The maximum Gasteiger partial charge on any atom is 0.488 e. The molecule has 2 aromatic rings. The third-order valence-corrected chi connectivity index (χ3v) is 4.72. The summed E-state index contributed by atoms with van der Waals surface area (Å²) in [6.45, 7) is 0. The van der Waals surface area contributed by atoms with Crippen LogP contribution in [0.5, 0.6) is 0 Å². The van der Waals surface area contributed by atoms with E-state index in [0.717, 1.165) is 0 Å². The summed E-state index contributed by atoms with van der Waals surface area (Å²) in [7, 11) is -1.50. The molecule has 4 nitrogen and oxygen atoms in total. The molecule has 3 rings (SSSR count). The van der Waals surface area contributed by atoms with Crippen LogP contribution in [0.2, 0.25) is 0 Å². The molecule has 1 amide bonds. The van der Waals surface area contributed by atoms with Gasteiger partial charge in [0, 0.05) is 11.3 Å². The first-order valence-electron chi connectivity index (χ1n) is 8.51. The molecule has 5 heteroatoms. The highest BCUT2D eigenvalue weighted by atomic mass is 16.4. The number of hydrogen-bond donors (Lipinski definition) is 3. The third kappa shape index (κ3) is 4.05. The smallest absolute Gasteiger partial charge is 0.423 e. The molecular weight excluding hydrogens is 301 g/mol. The summed E-state index contributed by atoms with van der Waals surface area (Å²) in [4.78, 5) is 12.3. The molecule has 1 fully saturated rings. The van der Waals surface area contributed by atoms with Crippen LogP contribution in [-0.2, 0) is 0 Å². The molecule has 1 aliphatic rings. The van der Waals surface area contributed by atoms with E-state index in [1.165, 1.54) is 37.7 Å². The minimum atomic E-state index is -1.50. The van der Waals surface area contributed by atoms with E-state index < -0.39 is 7.12 Å². The highest BCUT2D eigenvalue weighted by molar-refractivity contribution is 6.58. The summed E-state index contributed by atoms with van der Waals surface area (Å²) in [5.41, 5.74) is 2.97. The van der Waals surface area contributed by atoms with E-state index in [9.17, 15) is 4.79 Å². The first kappa shape index (κ1) is 16.7. The van der Waals surface area contributed by atoms with Crippen LogP contribution >= 0.6 is 0 Å². The summed E-state index contributed by atoms with van der Waals surface area (Å²) in [6, 6.07) is 14.4. The molecule has 0 saturated heterocycles. The molecule has 3 N–H and O–H groups in total. The summed E-state index contributed by atoms with van der Waals surface area (Å²) in [5, 5.41) is 21.0. The van der Waals surface area contributed by atoms with Gasteiger partial charge in [0.15, 0.2) is 0 Å². The molecule has 0 bridgehead atoms. The number of carbonyl (C=O) groups is 1. The van der Waals surface area contributed by atoms with Gasteiger partial charge in [-0.1, -0.05) is 43.5 Å². The average Bonchev–Trinajstić information content (AvgIpc) is 2.63. The lowest BCUT2D eigenvalue weighted by atomic mass is 9.80. The van der Waals surface area contributed by atoms with Crippen LogP contribution < -0.4 is 10.8 Å². The molecule has 24 heavy (non-hydrogen) atoms. The lowest BCUT2D eigenvalue weighted by molar-refractivity contribution is 0.102. The first-order chi connectivity index (χ1) is 11.6. The molecule has 0 atom stereocenters. The Labute approximate surface area is 142 Å². The summed E-state index contributed by atoms with van der Waals surface area (Å²) in [5.74, 6) is 0.468. The highest BCUT2D eigenvalue weighted by Crippen LogP contribution is 2.32. The average molecular weight is 323 g/mol. The van der Waals surface area contributed by atoms with Gasteiger partial charge in [0.05, 0.1) is 0 Å². The largest absolute Gasteiger partial charge is 0.488 e. The Bertz CT molecular complexity index is 677. The Morgan fingerprint density at radius 1 is 0.917 bits per heavy atom. The number of amides is 1. The van der Waals surface area contributed by atoms with Gasteiger partial charge in [0.2, 0.25) is 0 Å². The van der Waals surface area contributed by atoms with Crippen molar-refractivity contribution in [2.75, 3.05) is 5.32 Å². The van der Waals surface area contributed by atoms with E-state index in [2.05, 4.69) is 17.4 Å². The minimum absolute atomic E-state index is 0.164. The van der Waals surface area contributed by atoms with Crippen LogP contribution in [0.15, 0.2) is 48.5 Å². The zero-order valence-electron chi connectivity index (χ0n) is 13.6. The van der Waals surface area contributed by atoms with Crippen molar-refractivity contribution >= 4 is 24.2 Å². The van der Waals surface area contributed by atoms with Crippen LogP contribution in [0.25, 0.3) is 0 Å². The fourth-order valence-electron chi connectivity index (χ4n) is 3.28. The molecule has 124 valence electrons. The van der Waals surface area contributed by atoms with E-state index in [1.807, 2.05) is 12.1 Å². The van der Waals surface area contributed by atoms with E-state index in [0.29, 0.717) is 22.6 Å². The normalized spacial score (nSPS) is 15.1. The Kier molecular flexibility index (Phi) is 5.33. The second-order valence-electron chi connectivity index (χ2n) is 6.41. The Balaban J connectivity index is 1.64. The van der Waals surface area contributed by atoms with Gasteiger partial charge < -0.3 is 15.4 Å². The second kappa shape index (κ2) is 7.64. The quantitative estimate of drug-likeness (QED) is 0.758. The molecule has 1 saturated carbocycles. The van der Waals surface area contributed by atoms with Crippen LogP contribution in [0, 0.1) is 0 Å². The maximum absolute atomic E-state index is 12.3. The van der Waals surface area contributed by atoms with E-state index in [-0.39, 0.29) is 5.91 Å². The van der Waals surface area contributed by atoms with Crippen LogP contribution in [-0.4, -0.2) is 23.1 Å². The highest BCUT2D eigenvalue weighted by Gasteiger charge is 2.16. The number of carbonyl (C=O) groups excluding carboxylic acids is 1. The first-order valence-corrected chi connectivity index (χ1v) is 8.51. The zero-order valence-corrected chi connectivity index (χ0v) is 13.6. The zero-order chi connectivity index (χ0) is 16.9. The van der Waals surface area contributed by atoms with Gasteiger partial charge in [-0.05, 0) is 54.1 Å². The van der Waals surface area contributed by atoms with Gasteiger partial charge in [-0.3, -0.25) is 4.79 Å². The van der Waals surface area contributed by atoms with Crippen molar-refractivity contribution in [1.29, 1.82) is 0 Å². The maximum atomic E-state index is 12.3. The van der Waals surface area contributed by atoms with Gasteiger partial charge >= 0.3 is 7.12 Å². The van der Waals surface area contributed by atoms with Gasteiger partial charge in [-0.2, -0.15) is 0 Å². The molecule has 0 heterocycles. The van der Waals surface area contributed by atoms with Crippen molar-refractivity contribution < 1.29 is 14.8 Å². The van der Waals surface area contributed by atoms with Crippen molar-refractivity contribution in [2.45, 2.75) is 38.0 Å². The number of hydrogen-bond acceptors (Lipinski definition) is 3. The third-order valence-electron chi connectivity index (χ3n) is 4.72.